The molecule has 33 heavy (non-hydrogen) atoms. The Balaban J connectivity index is 1.32. The maximum Gasteiger partial charge on any atom is 0.236 e. The number of hydrogen-bond acceptors (Lipinski definition) is 6. The molecule has 2 aliphatic rings. The van der Waals surface area contributed by atoms with Gasteiger partial charge in [0, 0.05) is 51.5 Å². The highest BCUT2D eigenvalue weighted by molar-refractivity contribution is 5.92. The van der Waals surface area contributed by atoms with Crippen LogP contribution in [0.1, 0.15) is 16.8 Å². The van der Waals surface area contributed by atoms with Gasteiger partial charge in [-0.15, -0.1) is 0 Å². The normalized spacial score (nSPS) is 17.6. The van der Waals surface area contributed by atoms with Gasteiger partial charge in [-0.25, -0.2) is 9.97 Å². The summed E-state index contributed by atoms with van der Waals surface area (Å²) in [5, 5.41) is 1.12. The molecular weight excluding hydrogens is 416 g/mol. The van der Waals surface area contributed by atoms with E-state index in [9.17, 15) is 4.79 Å². The molecule has 0 N–H and O–H groups in total. The van der Waals surface area contributed by atoms with Crippen molar-refractivity contribution in [3.05, 3.63) is 53.5 Å². The Morgan fingerprint density at radius 3 is 2.42 bits per heavy atom. The van der Waals surface area contributed by atoms with Crippen molar-refractivity contribution in [2.45, 2.75) is 20.4 Å². The summed E-state index contributed by atoms with van der Waals surface area (Å²) in [4.78, 5) is 28.6. The van der Waals surface area contributed by atoms with E-state index in [1.807, 2.05) is 11.0 Å². The van der Waals surface area contributed by atoms with Crippen LogP contribution in [0.25, 0.3) is 11.0 Å². The molecule has 174 valence electrons. The van der Waals surface area contributed by atoms with Crippen molar-refractivity contribution >= 4 is 22.8 Å². The fraction of sp³-hybridized carbons (Fsp3) is 0.480. The molecule has 1 amide bonds. The lowest BCUT2D eigenvalue weighted by Gasteiger charge is -2.37. The molecule has 0 saturated carbocycles. The van der Waals surface area contributed by atoms with Crippen molar-refractivity contribution in [1.82, 2.24) is 24.3 Å². The summed E-state index contributed by atoms with van der Waals surface area (Å²) in [6.07, 6.45) is 1.67. The van der Waals surface area contributed by atoms with E-state index in [-0.39, 0.29) is 5.91 Å². The second kappa shape index (κ2) is 9.49. The van der Waals surface area contributed by atoms with E-state index < -0.39 is 0 Å². The third-order valence-corrected chi connectivity index (χ3v) is 6.96. The van der Waals surface area contributed by atoms with E-state index in [0.29, 0.717) is 19.8 Å². The van der Waals surface area contributed by atoms with Crippen LogP contribution < -0.4 is 4.90 Å². The summed E-state index contributed by atoms with van der Waals surface area (Å²) in [6, 6.07) is 10.5. The van der Waals surface area contributed by atoms with Crippen LogP contribution in [0.2, 0.25) is 0 Å². The molecule has 0 unspecified atom stereocenters. The summed E-state index contributed by atoms with van der Waals surface area (Å²) < 4.78 is 7.68. The van der Waals surface area contributed by atoms with Gasteiger partial charge in [0.25, 0.3) is 0 Å². The van der Waals surface area contributed by atoms with E-state index in [1.54, 1.807) is 6.33 Å². The highest BCUT2D eigenvalue weighted by atomic mass is 16.5. The zero-order chi connectivity index (χ0) is 22.8. The number of carbonyl (C=O) groups excluding carboxylic acids is 1. The van der Waals surface area contributed by atoms with Gasteiger partial charge in [-0.3, -0.25) is 9.69 Å². The number of nitrogens with zero attached hydrogens (tertiary/aromatic N) is 6. The molecule has 2 aromatic heterocycles. The maximum absolute atomic E-state index is 12.8. The van der Waals surface area contributed by atoms with Crippen LogP contribution in [-0.4, -0.2) is 89.3 Å². The lowest BCUT2D eigenvalue weighted by Crippen LogP contribution is -2.52. The number of fused-ring (bicyclic) bond motifs is 1. The van der Waals surface area contributed by atoms with Gasteiger partial charge in [0.2, 0.25) is 5.91 Å². The molecule has 0 atom stereocenters. The molecule has 2 aliphatic heterocycles. The van der Waals surface area contributed by atoms with Gasteiger partial charge in [-0.05, 0) is 25.0 Å². The van der Waals surface area contributed by atoms with Crippen molar-refractivity contribution < 1.29 is 9.53 Å². The number of aromatic nitrogens is 3. The quantitative estimate of drug-likeness (QED) is 0.596. The Labute approximate surface area is 194 Å². The molecule has 8 heteroatoms. The Hall–Kier alpha value is -2.97. The van der Waals surface area contributed by atoms with Crippen molar-refractivity contribution in [2.24, 2.45) is 0 Å². The lowest BCUT2D eigenvalue weighted by molar-refractivity contribution is -0.133. The van der Waals surface area contributed by atoms with Crippen LogP contribution in [0.5, 0.6) is 0 Å². The van der Waals surface area contributed by atoms with Crippen molar-refractivity contribution in [3.63, 3.8) is 0 Å². The predicted molar refractivity (Wildman–Crippen MR) is 129 cm³/mol. The molecule has 5 rings (SSSR count). The van der Waals surface area contributed by atoms with Gasteiger partial charge in [0.1, 0.15) is 17.8 Å². The van der Waals surface area contributed by atoms with Crippen molar-refractivity contribution in [2.75, 3.05) is 63.9 Å². The lowest BCUT2D eigenvalue weighted by atomic mass is 10.2. The largest absolute Gasteiger partial charge is 0.379 e. The first kappa shape index (κ1) is 21.9. The number of carbonyl (C=O) groups is 1. The van der Waals surface area contributed by atoms with Crippen LogP contribution in [0.4, 0.5) is 5.82 Å². The van der Waals surface area contributed by atoms with Gasteiger partial charge in [0.05, 0.1) is 25.1 Å². The number of ether oxygens (including phenoxy) is 1. The molecule has 2 fully saturated rings. The summed E-state index contributed by atoms with van der Waals surface area (Å²) in [6.45, 7) is 11.7. The molecular formula is C25H32N6O2. The predicted octanol–water partition coefficient (Wildman–Crippen LogP) is 2.08. The average molecular weight is 449 g/mol. The molecule has 2 saturated heterocycles. The Morgan fingerprint density at radius 2 is 1.70 bits per heavy atom. The number of piperazine rings is 1. The van der Waals surface area contributed by atoms with Gasteiger partial charge >= 0.3 is 0 Å². The van der Waals surface area contributed by atoms with Crippen molar-refractivity contribution in [1.29, 1.82) is 0 Å². The number of aryl methyl sites for hydroxylation is 1. The monoisotopic (exact) mass is 448 g/mol. The molecule has 4 heterocycles. The highest BCUT2D eigenvalue weighted by Gasteiger charge is 2.26. The van der Waals surface area contributed by atoms with Gasteiger partial charge in [0.15, 0.2) is 0 Å². The van der Waals surface area contributed by atoms with E-state index in [0.717, 1.165) is 62.7 Å². The number of hydrogen-bond donors (Lipinski definition) is 0. The first-order chi connectivity index (χ1) is 16.1. The molecule has 0 radical (unpaired) electrons. The van der Waals surface area contributed by atoms with Crippen LogP contribution in [0, 0.1) is 13.8 Å². The second-order valence-electron chi connectivity index (χ2n) is 8.93. The topological polar surface area (TPSA) is 66.7 Å². The first-order valence-electron chi connectivity index (χ1n) is 11.8. The van der Waals surface area contributed by atoms with Gasteiger partial charge in [-0.2, -0.15) is 0 Å². The number of morpholine rings is 1. The first-order valence-corrected chi connectivity index (χ1v) is 11.8. The summed E-state index contributed by atoms with van der Waals surface area (Å²) in [5.41, 5.74) is 4.67. The Kier molecular flexibility index (Phi) is 6.28. The number of benzene rings is 1. The van der Waals surface area contributed by atoms with E-state index >= 15 is 0 Å². The number of anilines is 1. The maximum atomic E-state index is 12.8. The molecule has 0 spiro atoms. The average Bonchev–Trinajstić information content (AvgIpc) is 3.10. The third-order valence-electron chi connectivity index (χ3n) is 6.96. The minimum atomic E-state index is 0.213. The third kappa shape index (κ3) is 4.45. The number of rotatable bonds is 5. The zero-order valence-electron chi connectivity index (χ0n) is 19.5. The SMILES string of the molecule is Cc1c(C)n(Cc2ccccc2)c2ncnc(N3CCN(C(=O)CN4CCOCC4)CC3)c12. The molecule has 0 bridgehead atoms. The van der Waals surface area contributed by atoms with Crippen LogP contribution in [0.15, 0.2) is 36.7 Å². The van der Waals surface area contributed by atoms with Crippen LogP contribution in [0.3, 0.4) is 0 Å². The zero-order valence-corrected chi connectivity index (χ0v) is 19.5. The van der Waals surface area contributed by atoms with Crippen molar-refractivity contribution in [3.8, 4) is 0 Å². The second-order valence-corrected chi connectivity index (χ2v) is 8.93. The smallest absolute Gasteiger partial charge is 0.236 e. The minimum absolute atomic E-state index is 0.213. The highest BCUT2D eigenvalue weighted by Crippen LogP contribution is 2.31. The fourth-order valence-corrected chi connectivity index (χ4v) is 4.87. The number of amides is 1. The Morgan fingerprint density at radius 1 is 0.970 bits per heavy atom. The Bertz CT molecular complexity index is 1110. The fourth-order valence-electron chi connectivity index (χ4n) is 4.87. The minimum Gasteiger partial charge on any atom is -0.379 e. The molecule has 3 aromatic rings. The van der Waals surface area contributed by atoms with Crippen LogP contribution >= 0.6 is 0 Å². The summed E-state index contributed by atoms with van der Waals surface area (Å²) >= 11 is 0. The molecule has 1 aromatic carbocycles. The van der Waals surface area contributed by atoms with E-state index in [4.69, 9.17) is 9.72 Å². The standard InChI is InChI=1S/C25H32N6O2/c1-19-20(2)31(16-21-6-4-3-5-7-21)25-23(19)24(26-18-27-25)30-10-8-29(9-11-30)22(32)17-28-12-14-33-15-13-28/h3-7,18H,8-17H2,1-2H3. The molecule has 0 aliphatic carbocycles. The van der Waals surface area contributed by atoms with E-state index in [1.165, 1.54) is 16.8 Å². The van der Waals surface area contributed by atoms with Gasteiger partial charge < -0.3 is 19.1 Å². The van der Waals surface area contributed by atoms with Crippen LogP contribution in [-0.2, 0) is 16.1 Å². The van der Waals surface area contributed by atoms with Gasteiger partial charge in [-0.1, -0.05) is 30.3 Å². The van der Waals surface area contributed by atoms with E-state index in [2.05, 4.69) is 57.5 Å². The summed E-state index contributed by atoms with van der Waals surface area (Å²) in [5.74, 6) is 1.19. The molecule has 8 nitrogen and oxygen atoms in total. The summed E-state index contributed by atoms with van der Waals surface area (Å²) in [7, 11) is 0.